The zero-order valence-electron chi connectivity index (χ0n) is 10.5. The highest BCUT2D eigenvalue weighted by Crippen LogP contribution is 2.03. The second-order valence-corrected chi connectivity index (χ2v) is 3.69. The lowest BCUT2D eigenvalue weighted by atomic mass is 10.2. The monoisotopic (exact) mass is 261 g/mol. The number of rotatable bonds is 4. The Morgan fingerprint density at radius 3 is 2.42 bits per heavy atom. The van der Waals surface area contributed by atoms with Crippen molar-refractivity contribution in [1.82, 2.24) is 10.0 Å². The SMILES string of the molecule is CN(C(N)=O)N(CC=O)C(=O)/C=C/c1ccccc1. The minimum absolute atomic E-state index is 0.239. The molecule has 19 heavy (non-hydrogen) atoms. The van der Waals surface area contributed by atoms with Crippen molar-refractivity contribution in [1.29, 1.82) is 0 Å². The van der Waals surface area contributed by atoms with Crippen molar-refractivity contribution in [2.45, 2.75) is 0 Å². The van der Waals surface area contributed by atoms with Gasteiger partial charge in [0.05, 0.1) is 6.54 Å². The minimum Gasteiger partial charge on any atom is -0.350 e. The fraction of sp³-hybridized carbons (Fsp3) is 0.154. The Bertz CT molecular complexity index is 485. The van der Waals surface area contributed by atoms with E-state index in [4.69, 9.17) is 5.73 Å². The summed E-state index contributed by atoms with van der Waals surface area (Å²) in [6.45, 7) is -0.239. The summed E-state index contributed by atoms with van der Waals surface area (Å²) in [6, 6.07) is 8.37. The number of benzene rings is 1. The van der Waals surface area contributed by atoms with Gasteiger partial charge in [-0.25, -0.2) is 14.8 Å². The van der Waals surface area contributed by atoms with Crippen molar-refractivity contribution >= 4 is 24.3 Å². The van der Waals surface area contributed by atoms with E-state index < -0.39 is 11.9 Å². The first-order valence-electron chi connectivity index (χ1n) is 5.57. The topological polar surface area (TPSA) is 83.7 Å². The van der Waals surface area contributed by atoms with Crippen LogP contribution in [-0.2, 0) is 9.59 Å². The molecule has 0 aromatic heterocycles. The molecule has 0 saturated heterocycles. The van der Waals surface area contributed by atoms with Crippen molar-refractivity contribution in [3.05, 3.63) is 42.0 Å². The summed E-state index contributed by atoms with van der Waals surface area (Å²) in [5, 5.41) is 1.85. The van der Waals surface area contributed by atoms with E-state index in [9.17, 15) is 14.4 Å². The lowest BCUT2D eigenvalue weighted by molar-refractivity contribution is -0.139. The molecule has 0 spiro atoms. The van der Waals surface area contributed by atoms with Gasteiger partial charge in [-0.15, -0.1) is 0 Å². The van der Waals surface area contributed by atoms with Crippen molar-refractivity contribution in [3.63, 3.8) is 0 Å². The number of carbonyl (C=O) groups excluding carboxylic acids is 3. The van der Waals surface area contributed by atoms with Gasteiger partial charge < -0.3 is 10.5 Å². The third-order valence-corrected chi connectivity index (χ3v) is 2.40. The lowest BCUT2D eigenvalue weighted by Gasteiger charge is -2.27. The van der Waals surface area contributed by atoms with Gasteiger partial charge in [-0.05, 0) is 11.6 Å². The maximum atomic E-state index is 11.9. The van der Waals surface area contributed by atoms with Gasteiger partial charge in [0.25, 0.3) is 5.91 Å². The molecule has 1 rings (SSSR count). The molecule has 0 heterocycles. The quantitative estimate of drug-likeness (QED) is 0.490. The highest BCUT2D eigenvalue weighted by molar-refractivity contribution is 5.93. The normalized spacial score (nSPS) is 10.2. The molecule has 0 fully saturated rings. The predicted octanol–water partition coefficient (Wildman–Crippen LogP) is 0.653. The first kappa shape index (κ1) is 14.4. The van der Waals surface area contributed by atoms with Gasteiger partial charge in [-0.3, -0.25) is 4.79 Å². The molecule has 6 nitrogen and oxygen atoms in total. The Labute approximate surface area is 111 Å². The van der Waals surface area contributed by atoms with Gasteiger partial charge >= 0.3 is 6.03 Å². The van der Waals surface area contributed by atoms with Gasteiger partial charge in [0.1, 0.15) is 6.29 Å². The van der Waals surface area contributed by atoms with E-state index in [0.29, 0.717) is 6.29 Å². The lowest BCUT2D eigenvalue weighted by Crippen LogP contribution is -2.49. The Hall–Kier alpha value is -2.63. The van der Waals surface area contributed by atoms with Crippen molar-refractivity contribution in [2.24, 2.45) is 5.73 Å². The van der Waals surface area contributed by atoms with E-state index in [2.05, 4.69) is 0 Å². The number of carbonyl (C=O) groups is 3. The van der Waals surface area contributed by atoms with Gasteiger partial charge in [-0.1, -0.05) is 30.3 Å². The number of nitrogens with two attached hydrogens (primary N) is 1. The molecule has 100 valence electrons. The summed E-state index contributed by atoms with van der Waals surface area (Å²) < 4.78 is 0. The van der Waals surface area contributed by atoms with Crippen LogP contribution in [0.15, 0.2) is 36.4 Å². The third kappa shape index (κ3) is 4.27. The fourth-order valence-electron chi connectivity index (χ4n) is 1.37. The van der Waals surface area contributed by atoms with Crippen molar-refractivity contribution in [2.75, 3.05) is 13.6 Å². The van der Waals surface area contributed by atoms with Crippen LogP contribution in [0.3, 0.4) is 0 Å². The molecule has 2 N–H and O–H groups in total. The third-order valence-electron chi connectivity index (χ3n) is 2.40. The standard InChI is InChI=1S/C13H15N3O3/c1-15(13(14)19)16(9-10-17)12(18)8-7-11-5-3-2-4-6-11/h2-8,10H,9H2,1H3,(H2,14,19)/b8-7+. The molecule has 1 aromatic rings. The van der Waals surface area contributed by atoms with E-state index >= 15 is 0 Å². The van der Waals surface area contributed by atoms with Crippen LogP contribution in [0.5, 0.6) is 0 Å². The molecule has 0 saturated carbocycles. The molecule has 1 aromatic carbocycles. The Balaban J connectivity index is 2.80. The summed E-state index contributed by atoms with van der Waals surface area (Å²) in [5.41, 5.74) is 5.90. The summed E-state index contributed by atoms with van der Waals surface area (Å²) >= 11 is 0. The van der Waals surface area contributed by atoms with E-state index in [1.165, 1.54) is 13.1 Å². The fourth-order valence-corrected chi connectivity index (χ4v) is 1.37. The van der Waals surface area contributed by atoms with Gasteiger partial charge in [0.2, 0.25) is 0 Å². The van der Waals surface area contributed by atoms with Crippen LogP contribution in [0.4, 0.5) is 4.79 Å². The number of urea groups is 1. The Morgan fingerprint density at radius 2 is 1.89 bits per heavy atom. The number of amides is 3. The molecule has 0 aliphatic carbocycles. The smallest absolute Gasteiger partial charge is 0.333 e. The maximum Gasteiger partial charge on any atom is 0.333 e. The number of nitrogens with zero attached hydrogens (tertiary/aromatic N) is 2. The number of primary amides is 1. The summed E-state index contributed by atoms with van der Waals surface area (Å²) in [4.78, 5) is 33.4. The second-order valence-electron chi connectivity index (χ2n) is 3.69. The first-order valence-corrected chi connectivity index (χ1v) is 5.57. The molecule has 0 bridgehead atoms. The van der Waals surface area contributed by atoms with Crippen LogP contribution in [0.2, 0.25) is 0 Å². The molecular weight excluding hydrogens is 246 g/mol. The van der Waals surface area contributed by atoms with E-state index in [-0.39, 0.29) is 6.54 Å². The average molecular weight is 261 g/mol. The summed E-state index contributed by atoms with van der Waals surface area (Å²) in [6.07, 6.45) is 3.39. The molecule has 6 heteroatoms. The Morgan fingerprint density at radius 1 is 1.26 bits per heavy atom. The molecule has 0 unspecified atom stereocenters. The second kappa shape index (κ2) is 6.95. The summed E-state index contributed by atoms with van der Waals surface area (Å²) in [5.74, 6) is -0.503. The molecule has 0 aliphatic rings. The van der Waals surface area contributed by atoms with Gasteiger partial charge in [-0.2, -0.15) is 0 Å². The van der Waals surface area contributed by atoms with E-state index in [0.717, 1.165) is 15.6 Å². The molecule has 0 radical (unpaired) electrons. The average Bonchev–Trinajstić information content (AvgIpc) is 2.42. The molecule has 0 aliphatic heterocycles. The van der Waals surface area contributed by atoms with E-state index in [1.54, 1.807) is 6.08 Å². The number of aldehydes is 1. The first-order chi connectivity index (χ1) is 9.06. The largest absolute Gasteiger partial charge is 0.350 e. The molecule has 0 atom stereocenters. The highest BCUT2D eigenvalue weighted by atomic mass is 16.2. The van der Waals surface area contributed by atoms with Crippen LogP contribution in [0, 0.1) is 0 Å². The van der Waals surface area contributed by atoms with Crippen LogP contribution < -0.4 is 5.73 Å². The zero-order valence-corrected chi connectivity index (χ0v) is 10.5. The number of hydrazine groups is 1. The van der Waals surface area contributed by atoms with Crippen LogP contribution >= 0.6 is 0 Å². The zero-order chi connectivity index (χ0) is 14.3. The van der Waals surface area contributed by atoms with Crippen molar-refractivity contribution in [3.8, 4) is 0 Å². The highest BCUT2D eigenvalue weighted by Gasteiger charge is 2.18. The van der Waals surface area contributed by atoms with Gasteiger partial charge in [0, 0.05) is 13.1 Å². The minimum atomic E-state index is -0.816. The molecule has 3 amide bonds. The van der Waals surface area contributed by atoms with Crippen molar-refractivity contribution < 1.29 is 14.4 Å². The Kier molecular flexibility index (Phi) is 5.28. The maximum absolute atomic E-state index is 11.9. The summed E-state index contributed by atoms with van der Waals surface area (Å²) in [7, 11) is 1.32. The molecular formula is C13H15N3O3. The van der Waals surface area contributed by atoms with Crippen LogP contribution in [-0.4, -0.2) is 41.8 Å². The predicted molar refractivity (Wildman–Crippen MR) is 70.6 cm³/mol. The number of hydrogen-bond acceptors (Lipinski definition) is 3. The van der Waals surface area contributed by atoms with E-state index in [1.807, 2.05) is 30.3 Å². The van der Waals surface area contributed by atoms with Crippen LogP contribution in [0.1, 0.15) is 5.56 Å². The van der Waals surface area contributed by atoms with Crippen LogP contribution in [0.25, 0.3) is 6.08 Å². The number of hydrogen-bond donors (Lipinski definition) is 1. The van der Waals surface area contributed by atoms with Gasteiger partial charge in [0.15, 0.2) is 0 Å².